The fourth-order valence-electron chi connectivity index (χ4n) is 2.33. The van der Waals surface area contributed by atoms with Gasteiger partial charge in [-0.25, -0.2) is 4.98 Å². The zero-order valence-electron chi connectivity index (χ0n) is 10.7. The molecule has 5 heteroatoms. The van der Waals surface area contributed by atoms with E-state index in [1.54, 1.807) is 18.3 Å². The number of pyridine rings is 1. The van der Waals surface area contributed by atoms with Gasteiger partial charge in [0.05, 0.1) is 11.1 Å². The number of hydrogen-bond donors (Lipinski definition) is 2. The van der Waals surface area contributed by atoms with Crippen molar-refractivity contribution in [1.82, 2.24) is 10.3 Å². The Hall–Kier alpha value is -1.13. The number of aromatic nitrogens is 1. The number of halogens is 1. The Morgan fingerprint density at radius 2 is 2.39 bits per heavy atom. The Bertz CT molecular complexity index is 448. The predicted molar refractivity (Wildman–Crippen MR) is 72.7 cm³/mol. The monoisotopic (exact) mass is 267 g/mol. The van der Waals surface area contributed by atoms with Gasteiger partial charge in [-0.1, -0.05) is 25.4 Å². The Labute approximate surface area is 112 Å². The van der Waals surface area contributed by atoms with Gasteiger partial charge in [0.15, 0.2) is 5.82 Å². The lowest BCUT2D eigenvalue weighted by atomic mass is 9.77. The van der Waals surface area contributed by atoms with Crippen molar-refractivity contribution in [2.45, 2.75) is 32.7 Å². The molecular weight excluding hydrogens is 250 g/mol. The Morgan fingerprint density at radius 1 is 1.61 bits per heavy atom. The number of rotatable bonds is 2. The van der Waals surface area contributed by atoms with Crippen LogP contribution in [0.15, 0.2) is 18.3 Å². The maximum absolute atomic E-state index is 12.3. The molecule has 2 rings (SSSR count). The minimum Gasteiger partial charge on any atom is -0.308 e. The van der Waals surface area contributed by atoms with Crippen LogP contribution in [0.3, 0.4) is 0 Å². The standard InChI is InChI=1S/C13H18ClN3O/c1-13(2)6-4-8-15-10(13)12(18)17-11-9(14)5-3-7-16-11/h3,5,7,10,15H,4,6,8H2,1-2H3,(H,16,17,18). The van der Waals surface area contributed by atoms with Gasteiger partial charge in [-0.15, -0.1) is 0 Å². The molecule has 2 N–H and O–H groups in total. The normalized spacial score (nSPS) is 22.5. The maximum atomic E-state index is 12.3. The molecule has 1 saturated heterocycles. The van der Waals surface area contributed by atoms with E-state index >= 15 is 0 Å². The van der Waals surface area contributed by atoms with Crippen LogP contribution in [0.25, 0.3) is 0 Å². The fraction of sp³-hybridized carbons (Fsp3) is 0.538. The van der Waals surface area contributed by atoms with Crippen LogP contribution < -0.4 is 10.6 Å². The van der Waals surface area contributed by atoms with Crippen LogP contribution in [0.2, 0.25) is 5.02 Å². The average molecular weight is 268 g/mol. The second kappa shape index (κ2) is 5.24. The van der Waals surface area contributed by atoms with Gasteiger partial charge >= 0.3 is 0 Å². The number of piperidine rings is 1. The van der Waals surface area contributed by atoms with Crippen molar-refractivity contribution in [3.8, 4) is 0 Å². The highest BCUT2D eigenvalue weighted by Gasteiger charge is 2.37. The summed E-state index contributed by atoms with van der Waals surface area (Å²) >= 11 is 5.98. The Kier molecular flexibility index (Phi) is 3.88. The highest BCUT2D eigenvalue weighted by molar-refractivity contribution is 6.33. The molecule has 1 aromatic rings. The first-order valence-corrected chi connectivity index (χ1v) is 6.53. The summed E-state index contributed by atoms with van der Waals surface area (Å²) in [7, 11) is 0. The quantitative estimate of drug-likeness (QED) is 0.865. The third-order valence-electron chi connectivity index (χ3n) is 3.39. The number of amides is 1. The molecule has 98 valence electrons. The summed E-state index contributed by atoms with van der Waals surface area (Å²) in [6.07, 6.45) is 3.75. The van der Waals surface area contributed by atoms with E-state index in [4.69, 9.17) is 11.6 Å². The van der Waals surface area contributed by atoms with E-state index in [2.05, 4.69) is 29.5 Å². The first kappa shape index (κ1) is 13.3. The van der Waals surface area contributed by atoms with E-state index in [-0.39, 0.29) is 17.4 Å². The summed E-state index contributed by atoms with van der Waals surface area (Å²) in [4.78, 5) is 16.3. The zero-order valence-corrected chi connectivity index (χ0v) is 11.4. The first-order chi connectivity index (χ1) is 8.50. The number of hydrogen-bond acceptors (Lipinski definition) is 3. The molecule has 18 heavy (non-hydrogen) atoms. The zero-order chi connectivity index (χ0) is 13.2. The van der Waals surface area contributed by atoms with Crippen molar-refractivity contribution >= 4 is 23.3 Å². The molecule has 1 aromatic heterocycles. The second-order valence-electron chi connectivity index (χ2n) is 5.30. The molecular formula is C13H18ClN3O. The van der Waals surface area contributed by atoms with Crippen LogP contribution in [0.1, 0.15) is 26.7 Å². The SMILES string of the molecule is CC1(C)CCCNC1C(=O)Nc1ncccc1Cl. The molecule has 1 fully saturated rings. The largest absolute Gasteiger partial charge is 0.308 e. The highest BCUT2D eigenvalue weighted by Crippen LogP contribution is 2.31. The van der Waals surface area contributed by atoms with Gasteiger partial charge in [-0.2, -0.15) is 0 Å². The van der Waals surface area contributed by atoms with Crippen LogP contribution >= 0.6 is 11.6 Å². The highest BCUT2D eigenvalue weighted by atomic mass is 35.5. The van der Waals surface area contributed by atoms with E-state index in [0.717, 1.165) is 19.4 Å². The number of carbonyl (C=O) groups is 1. The van der Waals surface area contributed by atoms with E-state index in [1.165, 1.54) is 0 Å². The Balaban J connectivity index is 2.10. The number of anilines is 1. The Morgan fingerprint density at radius 3 is 3.06 bits per heavy atom. The first-order valence-electron chi connectivity index (χ1n) is 6.15. The smallest absolute Gasteiger partial charge is 0.243 e. The molecule has 0 spiro atoms. The molecule has 1 amide bonds. The molecule has 1 atom stereocenters. The van der Waals surface area contributed by atoms with Crippen molar-refractivity contribution in [1.29, 1.82) is 0 Å². The van der Waals surface area contributed by atoms with Gasteiger partial charge in [-0.05, 0) is 36.9 Å². The summed E-state index contributed by atoms with van der Waals surface area (Å²) < 4.78 is 0. The second-order valence-corrected chi connectivity index (χ2v) is 5.71. The molecule has 1 unspecified atom stereocenters. The number of nitrogens with zero attached hydrogens (tertiary/aromatic N) is 1. The van der Waals surface area contributed by atoms with Crippen molar-refractivity contribution in [3.05, 3.63) is 23.4 Å². The topological polar surface area (TPSA) is 54.0 Å². The molecule has 2 heterocycles. The molecule has 4 nitrogen and oxygen atoms in total. The van der Waals surface area contributed by atoms with Crippen molar-refractivity contribution in [3.63, 3.8) is 0 Å². The summed E-state index contributed by atoms with van der Waals surface area (Å²) in [5.74, 6) is 0.354. The lowest BCUT2D eigenvalue weighted by molar-refractivity contribution is -0.121. The molecule has 0 saturated carbocycles. The van der Waals surface area contributed by atoms with Crippen LogP contribution in [0.5, 0.6) is 0 Å². The van der Waals surface area contributed by atoms with Gasteiger partial charge in [0.1, 0.15) is 0 Å². The van der Waals surface area contributed by atoms with Crippen molar-refractivity contribution in [2.75, 3.05) is 11.9 Å². The van der Waals surface area contributed by atoms with Gasteiger partial charge in [0, 0.05) is 6.20 Å². The van der Waals surface area contributed by atoms with Crippen LogP contribution in [0, 0.1) is 5.41 Å². The number of carbonyl (C=O) groups excluding carboxylic acids is 1. The molecule has 0 radical (unpaired) electrons. The maximum Gasteiger partial charge on any atom is 0.243 e. The van der Waals surface area contributed by atoms with Crippen molar-refractivity contribution < 1.29 is 4.79 Å². The van der Waals surface area contributed by atoms with Crippen LogP contribution in [-0.4, -0.2) is 23.5 Å². The number of nitrogens with one attached hydrogen (secondary N) is 2. The molecule has 0 aliphatic carbocycles. The molecule has 0 bridgehead atoms. The molecule has 1 aliphatic heterocycles. The van der Waals surface area contributed by atoms with Crippen LogP contribution in [0.4, 0.5) is 5.82 Å². The van der Waals surface area contributed by atoms with Crippen LogP contribution in [-0.2, 0) is 4.79 Å². The average Bonchev–Trinajstić information content (AvgIpc) is 2.31. The van der Waals surface area contributed by atoms with Gasteiger partial charge in [0.25, 0.3) is 0 Å². The van der Waals surface area contributed by atoms with E-state index in [0.29, 0.717) is 10.8 Å². The minimum atomic E-state index is -0.204. The van der Waals surface area contributed by atoms with Crippen molar-refractivity contribution in [2.24, 2.45) is 5.41 Å². The summed E-state index contributed by atoms with van der Waals surface area (Å²) in [5.41, 5.74) is -0.0520. The molecule has 1 aliphatic rings. The fourth-order valence-corrected chi connectivity index (χ4v) is 2.49. The van der Waals surface area contributed by atoms with Gasteiger partial charge < -0.3 is 10.6 Å². The lowest BCUT2D eigenvalue weighted by Crippen LogP contribution is -2.53. The van der Waals surface area contributed by atoms with E-state index in [1.807, 2.05) is 0 Å². The third kappa shape index (κ3) is 2.82. The van der Waals surface area contributed by atoms with Gasteiger partial charge in [-0.3, -0.25) is 4.79 Å². The van der Waals surface area contributed by atoms with E-state index in [9.17, 15) is 4.79 Å². The predicted octanol–water partition coefficient (Wildman–Crippen LogP) is 2.45. The molecule has 0 aromatic carbocycles. The minimum absolute atomic E-state index is 0.0520. The van der Waals surface area contributed by atoms with Gasteiger partial charge in [0.2, 0.25) is 5.91 Å². The lowest BCUT2D eigenvalue weighted by Gasteiger charge is -2.38. The summed E-state index contributed by atoms with van der Waals surface area (Å²) in [6, 6.07) is 3.24. The third-order valence-corrected chi connectivity index (χ3v) is 3.70. The summed E-state index contributed by atoms with van der Waals surface area (Å²) in [6.45, 7) is 5.07. The van der Waals surface area contributed by atoms with E-state index < -0.39 is 0 Å². The summed E-state index contributed by atoms with van der Waals surface area (Å²) in [5, 5.41) is 6.51.